The normalized spacial score (nSPS) is 14.0. The van der Waals surface area contributed by atoms with Gasteiger partial charge in [-0.15, -0.1) is 0 Å². The summed E-state index contributed by atoms with van der Waals surface area (Å²) in [7, 11) is 0. The molecule has 3 aromatic carbocycles. The number of amidine groups is 1. The predicted molar refractivity (Wildman–Crippen MR) is 179 cm³/mol. The zero-order chi connectivity index (χ0) is 30.6. The third kappa shape index (κ3) is 9.92. The van der Waals surface area contributed by atoms with Crippen molar-refractivity contribution in [1.29, 1.82) is 5.41 Å². The molecule has 9 nitrogen and oxygen atoms in total. The van der Waals surface area contributed by atoms with Gasteiger partial charge in [-0.1, -0.05) is 55.6 Å². The van der Waals surface area contributed by atoms with Gasteiger partial charge in [0, 0.05) is 52.4 Å². The topological polar surface area (TPSA) is 144 Å². The van der Waals surface area contributed by atoms with Crippen LogP contribution in [-0.4, -0.2) is 48.5 Å². The number of carbonyl (C=O) groups excluding carboxylic acids is 1. The lowest BCUT2D eigenvalue weighted by molar-refractivity contribution is 0.219. The van der Waals surface area contributed by atoms with Gasteiger partial charge in [0.05, 0.1) is 6.04 Å². The summed E-state index contributed by atoms with van der Waals surface area (Å²) in [6, 6.07) is 25.2. The van der Waals surface area contributed by atoms with Crippen molar-refractivity contribution in [3.63, 3.8) is 0 Å². The van der Waals surface area contributed by atoms with E-state index in [-0.39, 0.29) is 24.0 Å². The van der Waals surface area contributed by atoms with Crippen LogP contribution in [0.2, 0.25) is 0 Å². The number of carbonyl (C=O) groups is 1. The fraction of sp³-hybridized carbons (Fsp3) is 0.273. The molecule has 0 saturated carbocycles. The Labute approximate surface area is 258 Å². The largest absolute Gasteiger partial charge is 0.384 e. The molecule has 1 aliphatic rings. The van der Waals surface area contributed by atoms with E-state index in [0.29, 0.717) is 24.9 Å². The van der Waals surface area contributed by atoms with Gasteiger partial charge in [-0.25, -0.2) is 4.79 Å². The molecule has 226 valence electrons. The van der Waals surface area contributed by atoms with Gasteiger partial charge in [-0.2, -0.15) is 0 Å². The molecule has 1 heterocycles. The number of piperidine rings is 1. The Morgan fingerprint density at radius 1 is 0.977 bits per heavy atom. The van der Waals surface area contributed by atoms with Gasteiger partial charge in [-0.3, -0.25) is 10.1 Å². The van der Waals surface area contributed by atoms with E-state index in [1.807, 2.05) is 66.7 Å². The molecule has 1 saturated heterocycles. The van der Waals surface area contributed by atoms with Crippen LogP contribution in [0, 0.1) is 5.41 Å². The number of amides is 2. The van der Waals surface area contributed by atoms with E-state index in [1.54, 1.807) is 11.9 Å². The molecule has 10 heteroatoms. The molecule has 43 heavy (non-hydrogen) atoms. The SMILES string of the molecule is C=C(CCN)Nc1cccc(SN[C@@H](Cc2cccc(C(=N)N)c2)C(=C)N2CCC(NC(=O)Nc3ccccc3)CC2)c1. The average Bonchev–Trinajstić information content (AvgIpc) is 3.00. The Kier molecular flexibility index (Phi) is 11.7. The van der Waals surface area contributed by atoms with Gasteiger partial charge < -0.3 is 32.3 Å². The van der Waals surface area contributed by atoms with Crippen LogP contribution < -0.4 is 32.1 Å². The molecule has 9 N–H and O–H groups in total. The van der Waals surface area contributed by atoms with Gasteiger partial charge >= 0.3 is 6.03 Å². The molecular formula is C33H42N8OS. The van der Waals surface area contributed by atoms with Crippen molar-refractivity contribution in [3.8, 4) is 0 Å². The van der Waals surface area contributed by atoms with Gasteiger partial charge in [0.25, 0.3) is 0 Å². The number of nitrogens with zero attached hydrogens (tertiary/aromatic N) is 1. The minimum absolute atomic E-state index is 0.0472. The number of benzene rings is 3. The van der Waals surface area contributed by atoms with Crippen LogP contribution in [-0.2, 0) is 6.42 Å². The summed E-state index contributed by atoms with van der Waals surface area (Å²) in [6.45, 7) is 10.7. The first kappa shape index (κ1) is 31.7. The summed E-state index contributed by atoms with van der Waals surface area (Å²) in [5, 5.41) is 17.2. The van der Waals surface area contributed by atoms with Crippen LogP contribution in [0.1, 0.15) is 30.4 Å². The number of hydrogen-bond donors (Lipinski definition) is 7. The van der Waals surface area contributed by atoms with Crippen molar-refractivity contribution < 1.29 is 4.79 Å². The standard InChI is InChI=1S/C33H42N8OS/c1-23(14-17-34)37-29-12-7-13-30(22-29)43-40-31(21-25-8-6-9-26(20-25)32(35)36)24(2)41-18-15-28(16-19-41)39-33(42)38-27-10-4-3-5-11-27/h3-13,20,22,28,31,37,40H,1-2,14-19,21,34H2,(H3,35,36)(H2,38,39,42)/t31-/m0/s1. The highest BCUT2D eigenvalue weighted by atomic mass is 32.2. The van der Waals surface area contributed by atoms with Crippen LogP contribution in [0.5, 0.6) is 0 Å². The molecule has 3 aromatic rings. The van der Waals surface area contributed by atoms with Crippen LogP contribution in [0.15, 0.2) is 108 Å². The molecule has 0 bridgehead atoms. The number of anilines is 2. The zero-order valence-corrected chi connectivity index (χ0v) is 25.3. The molecule has 1 aliphatic heterocycles. The Bertz CT molecular complexity index is 1400. The maximum atomic E-state index is 12.5. The Morgan fingerprint density at radius 2 is 1.70 bits per heavy atom. The van der Waals surface area contributed by atoms with E-state index in [1.165, 1.54) is 0 Å². The van der Waals surface area contributed by atoms with E-state index in [2.05, 4.69) is 50.9 Å². The number of nitrogens with two attached hydrogens (primary N) is 2. The summed E-state index contributed by atoms with van der Waals surface area (Å²) in [4.78, 5) is 15.9. The number of nitrogens with one attached hydrogen (secondary N) is 5. The number of rotatable bonds is 14. The van der Waals surface area contributed by atoms with Gasteiger partial charge in [0.2, 0.25) is 0 Å². The molecule has 0 aliphatic carbocycles. The smallest absolute Gasteiger partial charge is 0.319 e. The molecule has 0 spiro atoms. The lowest BCUT2D eigenvalue weighted by Gasteiger charge is -2.38. The molecule has 0 unspecified atom stereocenters. The maximum Gasteiger partial charge on any atom is 0.319 e. The predicted octanol–water partition coefficient (Wildman–Crippen LogP) is 5.25. The first-order chi connectivity index (χ1) is 20.8. The van der Waals surface area contributed by atoms with Gasteiger partial charge in [0.15, 0.2) is 0 Å². The molecule has 0 aromatic heterocycles. The summed E-state index contributed by atoms with van der Waals surface area (Å²) >= 11 is 1.55. The number of para-hydroxylation sites is 1. The second-order valence-electron chi connectivity index (χ2n) is 10.6. The fourth-order valence-corrected chi connectivity index (χ4v) is 5.78. The summed E-state index contributed by atoms with van der Waals surface area (Å²) in [5.74, 6) is 0.0472. The molecule has 1 atom stereocenters. The second kappa shape index (κ2) is 15.8. The molecule has 2 amide bonds. The minimum atomic E-state index is -0.187. The lowest BCUT2D eigenvalue weighted by Crippen LogP contribution is -2.47. The number of nitrogen functional groups attached to an aromatic ring is 1. The van der Waals surface area contributed by atoms with Gasteiger partial charge in [0.1, 0.15) is 5.84 Å². The Hall–Kier alpha value is -4.25. The van der Waals surface area contributed by atoms with Crippen molar-refractivity contribution >= 4 is 35.2 Å². The monoisotopic (exact) mass is 598 g/mol. The van der Waals surface area contributed by atoms with Crippen molar-refractivity contribution in [2.24, 2.45) is 11.5 Å². The van der Waals surface area contributed by atoms with E-state index in [0.717, 1.165) is 59.2 Å². The highest BCUT2D eigenvalue weighted by Gasteiger charge is 2.25. The van der Waals surface area contributed by atoms with Crippen molar-refractivity contribution in [2.45, 2.75) is 42.7 Å². The van der Waals surface area contributed by atoms with Crippen LogP contribution in [0.3, 0.4) is 0 Å². The highest BCUT2D eigenvalue weighted by Crippen LogP contribution is 2.25. The third-order valence-electron chi connectivity index (χ3n) is 7.27. The summed E-state index contributed by atoms with van der Waals surface area (Å²) in [5.41, 5.74) is 16.8. The van der Waals surface area contributed by atoms with Crippen molar-refractivity contribution in [1.82, 2.24) is 14.9 Å². The van der Waals surface area contributed by atoms with E-state index < -0.39 is 0 Å². The van der Waals surface area contributed by atoms with Crippen LogP contribution >= 0.6 is 11.9 Å². The van der Waals surface area contributed by atoms with Gasteiger partial charge in [-0.05, 0) is 86.1 Å². The highest BCUT2D eigenvalue weighted by molar-refractivity contribution is 7.97. The van der Waals surface area contributed by atoms with Crippen LogP contribution in [0.25, 0.3) is 0 Å². The fourth-order valence-electron chi connectivity index (χ4n) is 4.95. The number of urea groups is 1. The first-order valence-electron chi connectivity index (χ1n) is 14.5. The van der Waals surface area contributed by atoms with Crippen molar-refractivity contribution in [3.05, 3.63) is 115 Å². The maximum absolute atomic E-state index is 12.5. The molecule has 1 fully saturated rings. The summed E-state index contributed by atoms with van der Waals surface area (Å²) in [6.07, 6.45) is 3.03. The Balaban J connectivity index is 1.39. The summed E-state index contributed by atoms with van der Waals surface area (Å²) < 4.78 is 3.65. The van der Waals surface area contributed by atoms with E-state index in [4.69, 9.17) is 16.9 Å². The lowest BCUT2D eigenvalue weighted by atomic mass is 9.99. The average molecular weight is 599 g/mol. The zero-order valence-electron chi connectivity index (χ0n) is 24.4. The third-order valence-corrected chi connectivity index (χ3v) is 8.16. The first-order valence-corrected chi connectivity index (χ1v) is 15.3. The number of likely N-dealkylation sites (tertiary alicyclic amines) is 1. The van der Waals surface area contributed by atoms with Crippen LogP contribution in [0.4, 0.5) is 16.2 Å². The van der Waals surface area contributed by atoms with E-state index >= 15 is 0 Å². The van der Waals surface area contributed by atoms with Crippen molar-refractivity contribution in [2.75, 3.05) is 30.3 Å². The number of hydrogen-bond acceptors (Lipinski definition) is 7. The Morgan fingerprint density at radius 3 is 2.42 bits per heavy atom. The molecular weight excluding hydrogens is 556 g/mol. The second-order valence-corrected chi connectivity index (χ2v) is 11.5. The minimum Gasteiger partial charge on any atom is -0.384 e. The molecule has 4 rings (SSSR count). The molecule has 0 radical (unpaired) electrons. The van der Waals surface area contributed by atoms with E-state index in [9.17, 15) is 4.79 Å². The quantitative estimate of drug-likeness (QED) is 0.0762.